The highest BCUT2D eigenvalue weighted by Crippen LogP contribution is 2.44. The van der Waals surface area contributed by atoms with Crippen LogP contribution in [0.5, 0.6) is 0 Å². The van der Waals surface area contributed by atoms with Crippen LogP contribution >= 0.6 is 0 Å². The van der Waals surface area contributed by atoms with Crippen molar-refractivity contribution in [2.45, 2.75) is 50.6 Å². The molecule has 33 heavy (non-hydrogen) atoms. The zero-order valence-electron chi connectivity index (χ0n) is 18.6. The minimum Gasteiger partial charge on any atom is -0.480 e. The maximum absolute atomic E-state index is 12.6. The number of aliphatic carboxylic acids is 1. The van der Waals surface area contributed by atoms with Crippen molar-refractivity contribution >= 4 is 18.0 Å². The van der Waals surface area contributed by atoms with Gasteiger partial charge < -0.3 is 25.6 Å². The molecular weight excluding hydrogens is 424 g/mol. The largest absolute Gasteiger partial charge is 0.480 e. The van der Waals surface area contributed by atoms with E-state index in [1.54, 1.807) is 0 Å². The van der Waals surface area contributed by atoms with E-state index in [1.165, 1.54) is 0 Å². The number of alkyl carbamates (subject to hydrolysis) is 1. The Labute approximate surface area is 193 Å². The number of hydrogen-bond acceptors (Lipinski definition) is 5. The normalized spacial score (nSPS) is 14.0. The van der Waals surface area contributed by atoms with E-state index < -0.39 is 30.1 Å². The highest BCUT2D eigenvalue weighted by molar-refractivity contribution is 5.89. The van der Waals surface area contributed by atoms with Crippen LogP contribution in [-0.2, 0) is 14.3 Å². The average Bonchev–Trinajstić information content (AvgIpc) is 3.13. The van der Waals surface area contributed by atoms with Gasteiger partial charge in [-0.3, -0.25) is 4.79 Å². The van der Waals surface area contributed by atoms with Gasteiger partial charge in [0.15, 0.2) is 0 Å². The third-order valence-electron chi connectivity index (χ3n) is 5.83. The molecule has 0 heterocycles. The summed E-state index contributed by atoms with van der Waals surface area (Å²) in [6.07, 6.45) is 0.959. The van der Waals surface area contributed by atoms with Gasteiger partial charge in [0, 0.05) is 18.9 Å². The van der Waals surface area contributed by atoms with Crippen molar-refractivity contribution in [1.82, 2.24) is 10.6 Å². The van der Waals surface area contributed by atoms with Crippen LogP contribution < -0.4 is 10.6 Å². The van der Waals surface area contributed by atoms with Crippen LogP contribution in [0, 0.1) is 0 Å². The van der Waals surface area contributed by atoms with Crippen LogP contribution in [0.25, 0.3) is 11.1 Å². The number of benzene rings is 2. The van der Waals surface area contributed by atoms with Gasteiger partial charge in [-0.15, -0.1) is 0 Å². The van der Waals surface area contributed by atoms with Gasteiger partial charge >= 0.3 is 12.1 Å². The van der Waals surface area contributed by atoms with Crippen LogP contribution in [0.2, 0.25) is 0 Å². The number of amides is 2. The van der Waals surface area contributed by atoms with E-state index in [4.69, 9.17) is 9.84 Å². The number of unbranched alkanes of at least 4 members (excludes halogenated alkanes) is 1. The van der Waals surface area contributed by atoms with Gasteiger partial charge in [-0.25, -0.2) is 9.59 Å². The molecule has 0 radical (unpaired) electrons. The molecule has 2 amide bonds. The van der Waals surface area contributed by atoms with Crippen LogP contribution in [0.4, 0.5) is 4.79 Å². The number of carboxylic acids is 1. The predicted octanol–water partition coefficient (Wildman–Crippen LogP) is 3.04. The molecule has 3 rings (SSSR count). The first-order valence-corrected chi connectivity index (χ1v) is 11.2. The Morgan fingerprint density at radius 1 is 0.939 bits per heavy atom. The second-order valence-corrected chi connectivity index (χ2v) is 8.08. The zero-order valence-corrected chi connectivity index (χ0v) is 18.6. The van der Waals surface area contributed by atoms with E-state index in [0.717, 1.165) is 28.7 Å². The molecule has 2 aromatic rings. The fraction of sp³-hybridized carbons (Fsp3) is 0.400. The highest BCUT2D eigenvalue weighted by Gasteiger charge is 2.30. The topological polar surface area (TPSA) is 125 Å². The molecule has 1 aliphatic rings. The SMILES string of the molecule is CCCC[C@H](NC(=O)OCC1c2ccccc2-c2ccccc21)C(=O)N[C@@H](CCO)C(=O)O. The second-order valence-electron chi connectivity index (χ2n) is 8.08. The smallest absolute Gasteiger partial charge is 0.407 e. The van der Waals surface area contributed by atoms with Gasteiger partial charge in [-0.1, -0.05) is 68.3 Å². The van der Waals surface area contributed by atoms with Gasteiger partial charge in [0.05, 0.1) is 0 Å². The summed E-state index contributed by atoms with van der Waals surface area (Å²) in [5, 5.41) is 23.2. The molecule has 0 spiro atoms. The summed E-state index contributed by atoms with van der Waals surface area (Å²) in [5.74, 6) is -1.96. The molecule has 8 nitrogen and oxygen atoms in total. The van der Waals surface area contributed by atoms with Crippen molar-refractivity contribution in [2.75, 3.05) is 13.2 Å². The molecule has 0 saturated heterocycles. The Hall–Kier alpha value is -3.39. The van der Waals surface area contributed by atoms with Gasteiger partial charge in [0.1, 0.15) is 18.7 Å². The molecule has 0 fully saturated rings. The summed E-state index contributed by atoms with van der Waals surface area (Å²) < 4.78 is 5.51. The van der Waals surface area contributed by atoms with Crippen LogP contribution in [0.1, 0.15) is 49.7 Å². The molecule has 0 aromatic heterocycles. The number of rotatable bonds is 11. The third kappa shape index (κ3) is 5.90. The van der Waals surface area contributed by atoms with Crippen molar-refractivity contribution in [2.24, 2.45) is 0 Å². The monoisotopic (exact) mass is 454 g/mol. The fourth-order valence-corrected chi connectivity index (χ4v) is 4.12. The van der Waals surface area contributed by atoms with E-state index in [9.17, 15) is 19.5 Å². The first-order valence-electron chi connectivity index (χ1n) is 11.2. The second kappa shape index (κ2) is 11.5. The molecule has 4 N–H and O–H groups in total. The lowest BCUT2D eigenvalue weighted by Crippen LogP contribution is -2.52. The molecular formula is C25H30N2O6. The van der Waals surface area contributed by atoms with Gasteiger partial charge in [0.25, 0.3) is 0 Å². The highest BCUT2D eigenvalue weighted by atomic mass is 16.5. The minimum atomic E-state index is -1.24. The fourth-order valence-electron chi connectivity index (χ4n) is 4.12. The van der Waals surface area contributed by atoms with Gasteiger partial charge in [-0.2, -0.15) is 0 Å². The summed E-state index contributed by atoms with van der Waals surface area (Å²) in [6.45, 7) is 1.69. The van der Waals surface area contributed by atoms with Gasteiger partial charge in [0.2, 0.25) is 5.91 Å². The maximum Gasteiger partial charge on any atom is 0.407 e. The standard InChI is InChI=1S/C25H30N2O6/c1-2-3-12-21(23(29)26-22(13-14-28)24(30)31)27-25(32)33-15-20-18-10-6-4-8-16(18)17-9-5-7-11-19(17)20/h4-11,20-22,28H,2-3,12-15H2,1H3,(H,26,29)(H,27,32)(H,30,31)/t21-,22-/m0/s1. The van der Waals surface area contributed by atoms with Crippen LogP contribution in [0.15, 0.2) is 48.5 Å². The molecule has 2 atom stereocenters. The van der Waals surface area contributed by atoms with E-state index >= 15 is 0 Å². The summed E-state index contributed by atoms with van der Waals surface area (Å²) in [4.78, 5) is 36.5. The number of fused-ring (bicyclic) bond motifs is 3. The van der Waals surface area contributed by atoms with E-state index in [-0.39, 0.29) is 25.6 Å². The molecule has 0 saturated carbocycles. The number of carboxylic acid groups (broad SMARTS) is 1. The number of hydrogen-bond donors (Lipinski definition) is 4. The lowest BCUT2D eigenvalue weighted by Gasteiger charge is -2.21. The number of carbonyl (C=O) groups is 3. The van der Waals surface area contributed by atoms with E-state index in [0.29, 0.717) is 12.8 Å². The Morgan fingerprint density at radius 2 is 1.55 bits per heavy atom. The number of aliphatic hydroxyl groups excluding tert-OH is 1. The summed E-state index contributed by atoms with van der Waals surface area (Å²) in [7, 11) is 0. The molecule has 1 aliphatic carbocycles. The lowest BCUT2D eigenvalue weighted by molar-refractivity contribution is -0.142. The number of carbonyl (C=O) groups excluding carboxylic acids is 2. The third-order valence-corrected chi connectivity index (χ3v) is 5.83. The Bertz CT molecular complexity index is 947. The Morgan fingerprint density at radius 3 is 2.09 bits per heavy atom. The molecule has 0 aliphatic heterocycles. The Balaban J connectivity index is 1.65. The van der Waals surface area contributed by atoms with Crippen molar-refractivity contribution in [1.29, 1.82) is 0 Å². The number of aliphatic hydroxyl groups is 1. The first-order chi connectivity index (χ1) is 16.0. The molecule has 176 valence electrons. The Kier molecular flexibility index (Phi) is 8.43. The van der Waals surface area contributed by atoms with Crippen molar-refractivity contribution < 1.29 is 29.3 Å². The van der Waals surface area contributed by atoms with Crippen LogP contribution in [0.3, 0.4) is 0 Å². The minimum absolute atomic E-state index is 0.105. The van der Waals surface area contributed by atoms with Gasteiger partial charge in [-0.05, 0) is 28.7 Å². The van der Waals surface area contributed by atoms with Crippen molar-refractivity contribution in [3.8, 4) is 11.1 Å². The summed E-state index contributed by atoms with van der Waals surface area (Å²) >= 11 is 0. The average molecular weight is 455 g/mol. The predicted molar refractivity (Wildman–Crippen MR) is 123 cm³/mol. The maximum atomic E-state index is 12.6. The summed E-state index contributed by atoms with van der Waals surface area (Å²) in [6, 6.07) is 13.8. The first kappa shape index (κ1) is 24.3. The van der Waals surface area contributed by atoms with E-state index in [2.05, 4.69) is 10.6 Å². The molecule has 8 heteroatoms. The number of nitrogens with one attached hydrogen (secondary N) is 2. The van der Waals surface area contributed by atoms with Crippen LogP contribution in [-0.4, -0.2) is 53.5 Å². The molecule has 0 unspecified atom stereocenters. The quantitative estimate of drug-likeness (QED) is 0.414. The molecule has 2 aromatic carbocycles. The summed E-state index contributed by atoms with van der Waals surface area (Å²) in [5.41, 5.74) is 4.40. The number of ether oxygens (including phenoxy) is 1. The van der Waals surface area contributed by atoms with Crippen molar-refractivity contribution in [3.63, 3.8) is 0 Å². The lowest BCUT2D eigenvalue weighted by atomic mass is 9.98. The van der Waals surface area contributed by atoms with E-state index in [1.807, 2.05) is 55.5 Å². The molecule has 0 bridgehead atoms. The zero-order chi connectivity index (χ0) is 23.8. The van der Waals surface area contributed by atoms with Crippen molar-refractivity contribution in [3.05, 3.63) is 59.7 Å².